The number of carbonyl (C=O) groups excluding carboxylic acids is 2. The second kappa shape index (κ2) is 13.5. The van der Waals surface area contributed by atoms with Crippen LogP contribution in [-0.4, -0.2) is 96.2 Å². The van der Waals surface area contributed by atoms with Gasteiger partial charge in [-0.2, -0.15) is 18.2 Å². The van der Waals surface area contributed by atoms with Crippen LogP contribution in [0.4, 0.5) is 55.6 Å². The van der Waals surface area contributed by atoms with E-state index in [0.717, 1.165) is 34.7 Å². The molecule has 2 aliphatic heterocycles. The molecule has 0 bridgehead atoms. The van der Waals surface area contributed by atoms with Crippen molar-refractivity contribution >= 4 is 40.8 Å². The monoisotopic (exact) mass is 666 g/mol. The number of hydrogen-bond acceptors (Lipinski definition) is 8. The van der Waals surface area contributed by atoms with E-state index in [1.807, 2.05) is 7.05 Å². The van der Waals surface area contributed by atoms with Crippen LogP contribution in [-0.2, 0) is 11.3 Å². The van der Waals surface area contributed by atoms with Crippen molar-refractivity contribution in [3.05, 3.63) is 36.5 Å². The maximum atomic E-state index is 14.1. The Hall–Kier alpha value is -4.21. The van der Waals surface area contributed by atoms with Crippen LogP contribution in [0.15, 0.2) is 31.0 Å². The number of carbonyl (C=O) groups is 2. The highest BCUT2D eigenvalue weighted by Gasteiger charge is 2.50. The molecule has 3 amide bonds. The Balaban J connectivity index is 1.52. The molecule has 2 fully saturated rings. The summed E-state index contributed by atoms with van der Waals surface area (Å²) >= 11 is 0. The van der Waals surface area contributed by atoms with Gasteiger partial charge < -0.3 is 30.1 Å². The van der Waals surface area contributed by atoms with Crippen LogP contribution < -0.4 is 25.2 Å². The standard InChI is InChI=1S/C31H39F5N8O3/c1-5-25(31(34,35)36)43-18-19-17-37-28(40-27(19)44(29(43)46)20-7-9-30(32,33)10-8-20)39-22-15-21(38-26(45)6-2)23(16-24(22)47-4)42-13-11-41(3)12-14-42/h6,15-17,20,25H,2,5,7-14,18H2,1,3-4H3,(H,38,45)(H,37,39,40)/t25-/m0/s1. The second-order valence-corrected chi connectivity index (χ2v) is 12.1. The van der Waals surface area contributed by atoms with Gasteiger partial charge in [0.2, 0.25) is 17.8 Å². The zero-order valence-electron chi connectivity index (χ0n) is 26.5. The van der Waals surface area contributed by atoms with Crippen LogP contribution in [0.1, 0.15) is 44.6 Å². The minimum atomic E-state index is -4.69. The predicted octanol–water partition coefficient (Wildman–Crippen LogP) is 5.77. The van der Waals surface area contributed by atoms with Gasteiger partial charge in [-0.1, -0.05) is 13.5 Å². The first-order valence-electron chi connectivity index (χ1n) is 15.5. The summed E-state index contributed by atoms with van der Waals surface area (Å²) < 4.78 is 75.8. The molecular formula is C31H39F5N8O3. The van der Waals surface area contributed by atoms with Crippen molar-refractivity contribution in [1.82, 2.24) is 19.8 Å². The maximum Gasteiger partial charge on any atom is 0.408 e. The first-order valence-corrected chi connectivity index (χ1v) is 15.5. The Morgan fingerprint density at radius 1 is 1.17 bits per heavy atom. The lowest BCUT2D eigenvalue weighted by Crippen LogP contribution is -2.59. The van der Waals surface area contributed by atoms with Crippen molar-refractivity contribution in [3.8, 4) is 5.75 Å². The first-order chi connectivity index (χ1) is 22.2. The van der Waals surface area contributed by atoms with E-state index in [1.54, 1.807) is 12.1 Å². The van der Waals surface area contributed by atoms with Crippen LogP contribution in [0.5, 0.6) is 5.75 Å². The lowest BCUT2D eigenvalue weighted by molar-refractivity contribution is -0.178. The summed E-state index contributed by atoms with van der Waals surface area (Å²) in [6, 6.07) is -0.372. The van der Waals surface area contributed by atoms with E-state index in [1.165, 1.54) is 20.2 Å². The van der Waals surface area contributed by atoms with Crippen LogP contribution >= 0.6 is 0 Å². The normalized spacial score (nSPS) is 19.7. The van der Waals surface area contributed by atoms with E-state index in [0.29, 0.717) is 30.2 Å². The number of nitrogens with zero attached hydrogens (tertiary/aromatic N) is 6. The van der Waals surface area contributed by atoms with Gasteiger partial charge in [-0.3, -0.25) is 9.69 Å². The van der Waals surface area contributed by atoms with Gasteiger partial charge in [-0.25, -0.2) is 18.6 Å². The summed E-state index contributed by atoms with van der Waals surface area (Å²) in [5.41, 5.74) is 1.81. The number of nitrogens with one attached hydrogen (secondary N) is 2. The fourth-order valence-corrected chi connectivity index (χ4v) is 6.29. The summed E-state index contributed by atoms with van der Waals surface area (Å²) in [6.07, 6.45) is -3.79. The Kier molecular flexibility index (Phi) is 9.80. The van der Waals surface area contributed by atoms with E-state index in [4.69, 9.17) is 4.74 Å². The number of ether oxygens (including phenoxy) is 1. The number of hydrogen-bond donors (Lipinski definition) is 2. The number of alkyl halides is 5. The number of likely N-dealkylation sites (N-methyl/N-ethyl adjacent to an activating group) is 1. The zero-order valence-corrected chi connectivity index (χ0v) is 26.5. The second-order valence-electron chi connectivity index (χ2n) is 12.1. The Bertz CT molecular complexity index is 1490. The number of anilines is 5. The van der Waals surface area contributed by atoms with Gasteiger partial charge in [0.25, 0.3) is 0 Å². The Labute approximate surface area is 269 Å². The summed E-state index contributed by atoms with van der Waals surface area (Å²) in [7, 11) is 3.50. The molecular weight excluding hydrogens is 627 g/mol. The Morgan fingerprint density at radius 2 is 1.85 bits per heavy atom. The molecule has 1 saturated heterocycles. The van der Waals surface area contributed by atoms with Crippen molar-refractivity contribution in [1.29, 1.82) is 0 Å². The molecule has 1 atom stereocenters. The SMILES string of the molecule is C=CC(=O)Nc1cc(Nc2ncc3c(n2)N(C2CCC(F)(F)CC2)C(=O)N([C@@H](CC)C(F)(F)F)C3)c(OC)cc1N1CCN(C)CC1. The lowest BCUT2D eigenvalue weighted by Gasteiger charge is -2.44. The number of halogens is 5. The van der Waals surface area contributed by atoms with Gasteiger partial charge >= 0.3 is 12.2 Å². The number of benzene rings is 1. The van der Waals surface area contributed by atoms with Crippen LogP contribution in [0.3, 0.4) is 0 Å². The van der Waals surface area contributed by atoms with Gasteiger partial charge in [0, 0.05) is 62.9 Å². The molecule has 0 radical (unpaired) electrons. The molecule has 1 aromatic heterocycles. The minimum Gasteiger partial charge on any atom is -0.494 e. The molecule has 1 aliphatic carbocycles. The summed E-state index contributed by atoms with van der Waals surface area (Å²) in [6.45, 7) is 7.52. The summed E-state index contributed by atoms with van der Waals surface area (Å²) in [5, 5.41) is 5.89. The zero-order chi connectivity index (χ0) is 34.1. The molecule has 2 N–H and O–H groups in total. The quantitative estimate of drug-likeness (QED) is 0.257. The van der Waals surface area contributed by atoms with Gasteiger partial charge in [-0.05, 0) is 38.5 Å². The summed E-state index contributed by atoms with van der Waals surface area (Å²) in [5.74, 6) is -2.90. The van der Waals surface area contributed by atoms with E-state index < -0.39 is 55.5 Å². The van der Waals surface area contributed by atoms with Crippen LogP contribution in [0.25, 0.3) is 0 Å². The minimum absolute atomic E-state index is 0.00866. The third-order valence-corrected chi connectivity index (χ3v) is 8.91. The number of methoxy groups -OCH3 is 1. The molecule has 0 unspecified atom stereocenters. The third kappa shape index (κ3) is 7.36. The van der Waals surface area contributed by atoms with Crippen LogP contribution in [0, 0.1) is 0 Å². The molecule has 256 valence electrons. The number of urea groups is 1. The van der Waals surface area contributed by atoms with Crippen molar-refractivity contribution in [2.24, 2.45) is 0 Å². The van der Waals surface area contributed by atoms with Gasteiger partial charge in [0.15, 0.2) is 0 Å². The van der Waals surface area contributed by atoms with Crippen molar-refractivity contribution in [2.45, 2.75) is 69.8 Å². The summed E-state index contributed by atoms with van der Waals surface area (Å²) in [4.78, 5) is 41.2. The molecule has 16 heteroatoms. The highest BCUT2D eigenvalue weighted by atomic mass is 19.4. The first kappa shape index (κ1) is 34.1. The molecule has 1 saturated carbocycles. The molecule has 3 aliphatic rings. The largest absolute Gasteiger partial charge is 0.494 e. The molecule has 0 spiro atoms. The molecule has 3 heterocycles. The van der Waals surface area contributed by atoms with E-state index in [2.05, 4.69) is 37.0 Å². The fourth-order valence-electron chi connectivity index (χ4n) is 6.29. The van der Waals surface area contributed by atoms with Gasteiger partial charge in [0.05, 0.1) is 30.7 Å². The van der Waals surface area contributed by atoms with E-state index >= 15 is 0 Å². The fraction of sp³-hybridized carbons (Fsp3) is 0.548. The maximum absolute atomic E-state index is 14.1. The topological polar surface area (TPSA) is 106 Å². The van der Waals surface area contributed by atoms with Gasteiger partial charge in [0.1, 0.15) is 17.6 Å². The lowest BCUT2D eigenvalue weighted by atomic mass is 9.90. The van der Waals surface area contributed by atoms with Crippen LogP contribution in [0.2, 0.25) is 0 Å². The number of rotatable bonds is 9. The predicted molar refractivity (Wildman–Crippen MR) is 168 cm³/mol. The molecule has 11 nitrogen and oxygen atoms in total. The molecule has 47 heavy (non-hydrogen) atoms. The molecule has 1 aromatic carbocycles. The van der Waals surface area contributed by atoms with Crippen molar-refractivity contribution in [3.63, 3.8) is 0 Å². The number of piperazine rings is 1. The average Bonchev–Trinajstić information content (AvgIpc) is 3.02. The van der Waals surface area contributed by atoms with E-state index in [-0.39, 0.29) is 36.6 Å². The highest BCUT2D eigenvalue weighted by Crippen LogP contribution is 2.42. The highest BCUT2D eigenvalue weighted by molar-refractivity contribution is 6.02. The number of amides is 3. The van der Waals surface area contributed by atoms with Crippen molar-refractivity contribution in [2.75, 3.05) is 60.8 Å². The number of fused-ring (bicyclic) bond motifs is 1. The van der Waals surface area contributed by atoms with E-state index in [9.17, 15) is 31.5 Å². The van der Waals surface area contributed by atoms with Crippen molar-refractivity contribution < 1.29 is 36.3 Å². The Morgan fingerprint density at radius 3 is 2.45 bits per heavy atom. The average molecular weight is 667 g/mol. The molecule has 2 aromatic rings. The third-order valence-electron chi connectivity index (χ3n) is 8.91. The number of aromatic nitrogens is 2. The molecule has 5 rings (SSSR count). The van der Waals surface area contributed by atoms with Gasteiger partial charge in [-0.15, -0.1) is 0 Å². The smallest absolute Gasteiger partial charge is 0.408 e.